The van der Waals surface area contributed by atoms with Gasteiger partial charge in [0.05, 0.1) is 5.41 Å². The van der Waals surface area contributed by atoms with Crippen LogP contribution in [-0.2, 0) is 9.53 Å². The number of rotatable bonds is 12. The molecule has 3 heteroatoms. The molecule has 0 bridgehead atoms. The predicted molar refractivity (Wildman–Crippen MR) is 100 cm³/mol. The summed E-state index contributed by atoms with van der Waals surface area (Å²) in [6.07, 6.45) is 14.3. The molecule has 0 amide bonds. The lowest BCUT2D eigenvalue weighted by atomic mass is 9.67. The smallest absolute Gasteiger partial charge is 0.314 e. The van der Waals surface area contributed by atoms with Crippen LogP contribution >= 0.6 is 0 Å². The number of carbonyl (C=O) groups is 1. The molecule has 138 valence electrons. The molecule has 0 radical (unpaired) electrons. The average Bonchev–Trinajstić information content (AvgIpc) is 2.53. The molecule has 2 unspecified atom stereocenters. The number of aliphatic carboxylic acids is 1. The summed E-state index contributed by atoms with van der Waals surface area (Å²) in [6.45, 7) is 7.25. The molecule has 1 aliphatic rings. The van der Waals surface area contributed by atoms with Crippen molar-refractivity contribution >= 4 is 5.97 Å². The fourth-order valence-corrected chi connectivity index (χ4v) is 3.64. The topological polar surface area (TPSA) is 46.5 Å². The lowest BCUT2D eigenvalue weighted by molar-refractivity contribution is -0.149. The number of allylic oxidation sites excluding steroid dienone is 3. The number of hydrogen-bond acceptors (Lipinski definition) is 2. The van der Waals surface area contributed by atoms with E-state index < -0.39 is 11.4 Å². The van der Waals surface area contributed by atoms with Crippen molar-refractivity contribution in [3.8, 4) is 0 Å². The second-order valence-electron chi connectivity index (χ2n) is 7.55. The van der Waals surface area contributed by atoms with Gasteiger partial charge in [-0.2, -0.15) is 0 Å². The average molecular weight is 337 g/mol. The maximum atomic E-state index is 12.2. The normalized spacial score (nSPS) is 23.5. The van der Waals surface area contributed by atoms with Gasteiger partial charge in [0.2, 0.25) is 0 Å². The Labute approximate surface area is 148 Å². The third-order valence-corrected chi connectivity index (χ3v) is 5.11. The summed E-state index contributed by atoms with van der Waals surface area (Å²) >= 11 is 0. The lowest BCUT2D eigenvalue weighted by Crippen LogP contribution is -2.38. The molecular weight excluding hydrogens is 300 g/mol. The van der Waals surface area contributed by atoms with Crippen LogP contribution in [0.4, 0.5) is 0 Å². The summed E-state index contributed by atoms with van der Waals surface area (Å²) in [5.41, 5.74) is 0.517. The summed E-state index contributed by atoms with van der Waals surface area (Å²) in [7, 11) is 1.68. The van der Waals surface area contributed by atoms with Gasteiger partial charge < -0.3 is 9.84 Å². The summed E-state index contributed by atoms with van der Waals surface area (Å²) in [6, 6.07) is 0. The van der Waals surface area contributed by atoms with E-state index in [-0.39, 0.29) is 5.92 Å². The largest absolute Gasteiger partial charge is 0.481 e. The molecular formula is C21H36O3. The molecule has 1 N–H and O–H groups in total. The minimum absolute atomic E-state index is 0.0339. The lowest BCUT2D eigenvalue weighted by Gasteiger charge is -2.36. The molecule has 1 rings (SSSR count). The number of methoxy groups -OCH3 is 1. The Kier molecular flexibility index (Phi) is 9.35. The summed E-state index contributed by atoms with van der Waals surface area (Å²) in [5.74, 6) is 0.0732. The Bertz CT molecular complexity index is 436. The van der Waals surface area contributed by atoms with Gasteiger partial charge in [0.25, 0.3) is 0 Å². The molecule has 0 aromatic rings. The van der Waals surface area contributed by atoms with Gasteiger partial charge in [-0.15, -0.1) is 0 Å². The van der Waals surface area contributed by atoms with E-state index >= 15 is 0 Å². The maximum Gasteiger partial charge on any atom is 0.314 e. The van der Waals surface area contributed by atoms with Crippen molar-refractivity contribution in [3.05, 3.63) is 23.8 Å². The van der Waals surface area contributed by atoms with Crippen molar-refractivity contribution in [2.45, 2.75) is 72.1 Å². The molecule has 0 heterocycles. The predicted octanol–water partition coefficient (Wildman–Crippen LogP) is 5.61. The van der Waals surface area contributed by atoms with Crippen molar-refractivity contribution in [1.29, 1.82) is 0 Å². The van der Waals surface area contributed by atoms with E-state index in [4.69, 9.17) is 4.74 Å². The standard InChI is InChI=1S/C21H36O3/c1-5-9-18-11-14-21(20(22)23,19(16-18)12-15-24-4)13-8-6-7-10-17(2)3/h11,14,16-17,19H,5-10,12-13,15H2,1-4H3,(H,22,23). The maximum absolute atomic E-state index is 12.2. The SMILES string of the molecule is CCCC1=CC(CCOC)C(CCCCCC(C)C)(C(=O)O)C=C1. The van der Waals surface area contributed by atoms with Crippen molar-refractivity contribution in [3.63, 3.8) is 0 Å². The third kappa shape index (κ3) is 6.08. The Morgan fingerprint density at radius 3 is 2.67 bits per heavy atom. The molecule has 0 spiro atoms. The van der Waals surface area contributed by atoms with Gasteiger partial charge in [-0.3, -0.25) is 4.79 Å². The van der Waals surface area contributed by atoms with Gasteiger partial charge in [0.15, 0.2) is 0 Å². The second-order valence-corrected chi connectivity index (χ2v) is 7.55. The van der Waals surface area contributed by atoms with Crippen LogP contribution in [0.15, 0.2) is 23.8 Å². The molecule has 2 atom stereocenters. The zero-order valence-corrected chi connectivity index (χ0v) is 16.0. The van der Waals surface area contributed by atoms with E-state index in [0.29, 0.717) is 6.61 Å². The minimum Gasteiger partial charge on any atom is -0.481 e. The van der Waals surface area contributed by atoms with Crippen LogP contribution in [0.2, 0.25) is 0 Å². The third-order valence-electron chi connectivity index (χ3n) is 5.11. The van der Waals surface area contributed by atoms with Gasteiger partial charge in [0, 0.05) is 13.7 Å². The fraction of sp³-hybridized carbons (Fsp3) is 0.762. The van der Waals surface area contributed by atoms with Crippen LogP contribution in [0.1, 0.15) is 72.1 Å². The summed E-state index contributed by atoms with van der Waals surface area (Å²) < 4.78 is 5.24. The van der Waals surface area contributed by atoms with Gasteiger partial charge in [-0.1, -0.05) is 76.7 Å². The van der Waals surface area contributed by atoms with E-state index in [1.807, 2.05) is 6.08 Å². The molecule has 1 aliphatic carbocycles. The molecule has 0 saturated carbocycles. The first-order valence-electron chi connectivity index (χ1n) is 9.58. The Morgan fingerprint density at radius 1 is 1.33 bits per heavy atom. The highest BCUT2D eigenvalue weighted by atomic mass is 16.5. The summed E-state index contributed by atoms with van der Waals surface area (Å²) in [5, 5.41) is 10.00. The molecule has 3 nitrogen and oxygen atoms in total. The fourth-order valence-electron chi connectivity index (χ4n) is 3.64. The quantitative estimate of drug-likeness (QED) is 0.471. The first-order valence-corrected chi connectivity index (χ1v) is 9.58. The summed E-state index contributed by atoms with van der Waals surface area (Å²) in [4.78, 5) is 12.2. The molecule has 24 heavy (non-hydrogen) atoms. The number of unbranched alkanes of at least 4 members (excludes halogenated alkanes) is 2. The monoisotopic (exact) mass is 336 g/mol. The van der Waals surface area contributed by atoms with Crippen molar-refractivity contribution in [1.82, 2.24) is 0 Å². The van der Waals surface area contributed by atoms with Crippen molar-refractivity contribution in [2.75, 3.05) is 13.7 Å². The highest BCUT2D eigenvalue weighted by Gasteiger charge is 2.43. The van der Waals surface area contributed by atoms with Crippen LogP contribution in [0, 0.1) is 17.3 Å². The van der Waals surface area contributed by atoms with Gasteiger partial charge in [-0.05, 0) is 31.1 Å². The number of hydrogen-bond donors (Lipinski definition) is 1. The highest BCUT2D eigenvalue weighted by Crippen LogP contribution is 2.43. The zero-order valence-electron chi connectivity index (χ0n) is 16.0. The number of ether oxygens (including phenoxy) is 1. The van der Waals surface area contributed by atoms with E-state index in [9.17, 15) is 9.90 Å². The van der Waals surface area contributed by atoms with Crippen molar-refractivity contribution in [2.24, 2.45) is 17.3 Å². The Morgan fingerprint density at radius 2 is 2.08 bits per heavy atom. The van der Waals surface area contributed by atoms with Gasteiger partial charge in [-0.25, -0.2) is 0 Å². The van der Waals surface area contributed by atoms with Crippen molar-refractivity contribution < 1.29 is 14.6 Å². The second kappa shape index (κ2) is 10.7. The van der Waals surface area contributed by atoms with E-state index in [2.05, 4.69) is 32.9 Å². The molecule has 0 aromatic heterocycles. The Balaban J connectivity index is 2.79. The number of carboxylic acid groups (broad SMARTS) is 1. The molecule has 0 saturated heterocycles. The Hall–Kier alpha value is -1.09. The molecule has 0 fully saturated rings. The minimum atomic E-state index is -0.756. The first-order chi connectivity index (χ1) is 11.5. The van der Waals surface area contributed by atoms with E-state index in [1.165, 1.54) is 18.4 Å². The zero-order chi connectivity index (χ0) is 18.0. The van der Waals surface area contributed by atoms with Gasteiger partial charge in [0.1, 0.15) is 0 Å². The van der Waals surface area contributed by atoms with E-state index in [1.54, 1.807) is 7.11 Å². The van der Waals surface area contributed by atoms with Crippen LogP contribution in [0.3, 0.4) is 0 Å². The van der Waals surface area contributed by atoms with Crippen LogP contribution in [-0.4, -0.2) is 24.8 Å². The van der Waals surface area contributed by atoms with E-state index in [0.717, 1.165) is 44.4 Å². The highest BCUT2D eigenvalue weighted by molar-refractivity contribution is 5.78. The van der Waals surface area contributed by atoms with Gasteiger partial charge >= 0.3 is 5.97 Å². The molecule has 0 aliphatic heterocycles. The first kappa shape index (κ1) is 21.0. The van der Waals surface area contributed by atoms with Crippen LogP contribution in [0.25, 0.3) is 0 Å². The number of carboxylic acids is 1. The van der Waals surface area contributed by atoms with Crippen LogP contribution in [0.5, 0.6) is 0 Å². The molecule has 0 aromatic carbocycles. The van der Waals surface area contributed by atoms with Crippen LogP contribution < -0.4 is 0 Å².